The predicted molar refractivity (Wildman–Crippen MR) is 77.1 cm³/mol. The summed E-state index contributed by atoms with van der Waals surface area (Å²) in [7, 11) is 1.68. The highest BCUT2D eigenvalue weighted by atomic mass is 16.5. The summed E-state index contributed by atoms with van der Waals surface area (Å²) in [6, 6.07) is 8.25. The van der Waals surface area contributed by atoms with Crippen molar-refractivity contribution in [1.82, 2.24) is 9.55 Å². The number of hydrogen-bond donors (Lipinski definition) is 1. The molecule has 1 unspecified atom stereocenters. The van der Waals surface area contributed by atoms with Crippen LogP contribution in [0.15, 0.2) is 30.5 Å². The zero-order valence-corrected chi connectivity index (χ0v) is 11.7. The molecule has 0 aliphatic carbocycles. The summed E-state index contributed by atoms with van der Waals surface area (Å²) in [4.78, 5) is 4.56. The highest BCUT2D eigenvalue weighted by Crippen LogP contribution is 2.27. The Morgan fingerprint density at radius 1 is 1.45 bits per heavy atom. The molecule has 1 aliphatic heterocycles. The molecule has 2 aromatic rings. The molecule has 1 aromatic carbocycles. The van der Waals surface area contributed by atoms with Gasteiger partial charge in [0.25, 0.3) is 0 Å². The molecule has 1 N–H and O–H groups in total. The lowest BCUT2D eigenvalue weighted by atomic mass is 10.0. The average Bonchev–Trinajstić information content (AvgIpc) is 2.90. The minimum absolute atomic E-state index is 0.182. The molecule has 1 atom stereocenters. The van der Waals surface area contributed by atoms with E-state index in [4.69, 9.17) is 4.74 Å². The Hall–Kier alpha value is -1.81. The molecule has 0 fully saturated rings. The van der Waals surface area contributed by atoms with Crippen LogP contribution >= 0.6 is 0 Å². The van der Waals surface area contributed by atoms with Gasteiger partial charge in [-0.05, 0) is 37.0 Å². The molecule has 0 saturated carbocycles. The van der Waals surface area contributed by atoms with Crippen molar-refractivity contribution in [3.8, 4) is 5.75 Å². The van der Waals surface area contributed by atoms with E-state index in [1.807, 2.05) is 24.4 Å². The van der Waals surface area contributed by atoms with Crippen molar-refractivity contribution in [3.63, 3.8) is 0 Å². The van der Waals surface area contributed by atoms with E-state index in [1.54, 1.807) is 7.11 Å². The van der Waals surface area contributed by atoms with Gasteiger partial charge in [0, 0.05) is 18.3 Å². The Bertz CT molecular complexity index is 592. The van der Waals surface area contributed by atoms with Crippen LogP contribution in [0.25, 0.3) is 0 Å². The van der Waals surface area contributed by atoms with Gasteiger partial charge in [-0.3, -0.25) is 0 Å². The lowest BCUT2D eigenvalue weighted by Crippen LogP contribution is -2.22. The fourth-order valence-electron chi connectivity index (χ4n) is 2.99. The topological polar surface area (TPSA) is 47.3 Å². The molecule has 0 saturated heterocycles. The fourth-order valence-corrected chi connectivity index (χ4v) is 2.99. The third-order valence-electron chi connectivity index (χ3n) is 3.99. The van der Waals surface area contributed by atoms with Crippen molar-refractivity contribution >= 4 is 0 Å². The van der Waals surface area contributed by atoms with E-state index >= 15 is 0 Å². The van der Waals surface area contributed by atoms with E-state index in [0.29, 0.717) is 0 Å². The van der Waals surface area contributed by atoms with Crippen LogP contribution in [0.1, 0.15) is 36.0 Å². The molecule has 0 spiro atoms. The number of ether oxygens (including phenoxy) is 1. The highest BCUT2D eigenvalue weighted by molar-refractivity contribution is 5.30. The molecule has 20 heavy (non-hydrogen) atoms. The Morgan fingerprint density at radius 2 is 2.35 bits per heavy atom. The van der Waals surface area contributed by atoms with Crippen LogP contribution in [0, 0.1) is 0 Å². The maximum absolute atomic E-state index is 9.56. The van der Waals surface area contributed by atoms with Gasteiger partial charge in [-0.25, -0.2) is 4.98 Å². The molecule has 0 amide bonds. The first-order valence-corrected chi connectivity index (χ1v) is 7.10. The number of methoxy groups -OCH3 is 1. The van der Waals surface area contributed by atoms with E-state index in [1.165, 1.54) is 11.3 Å². The second-order valence-corrected chi connectivity index (χ2v) is 5.29. The van der Waals surface area contributed by atoms with Gasteiger partial charge in [-0.2, -0.15) is 0 Å². The van der Waals surface area contributed by atoms with E-state index in [2.05, 4.69) is 15.6 Å². The zero-order chi connectivity index (χ0) is 13.9. The number of nitrogens with zero attached hydrogens (tertiary/aromatic N) is 2. The molecule has 1 aliphatic rings. The van der Waals surface area contributed by atoms with Gasteiger partial charge in [0.1, 0.15) is 11.6 Å². The van der Waals surface area contributed by atoms with Crippen molar-refractivity contribution < 1.29 is 9.84 Å². The number of fused-ring (bicyclic) bond motifs is 1. The first-order chi connectivity index (χ1) is 9.81. The first-order valence-electron chi connectivity index (χ1n) is 7.10. The van der Waals surface area contributed by atoms with Crippen LogP contribution in [-0.2, 0) is 12.8 Å². The van der Waals surface area contributed by atoms with Crippen molar-refractivity contribution in [3.05, 3.63) is 47.5 Å². The van der Waals surface area contributed by atoms with Crippen molar-refractivity contribution in [2.75, 3.05) is 13.7 Å². The third kappa shape index (κ3) is 2.43. The van der Waals surface area contributed by atoms with Crippen molar-refractivity contribution in [2.24, 2.45) is 0 Å². The van der Waals surface area contributed by atoms with Gasteiger partial charge in [-0.1, -0.05) is 12.1 Å². The number of aryl methyl sites for hydroxylation is 1. The molecule has 0 radical (unpaired) electrons. The van der Waals surface area contributed by atoms with E-state index < -0.39 is 0 Å². The minimum atomic E-state index is 0.182. The maximum Gasteiger partial charge on any atom is 0.119 e. The number of aromatic nitrogens is 2. The van der Waals surface area contributed by atoms with E-state index in [0.717, 1.165) is 37.3 Å². The monoisotopic (exact) mass is 272 g/mol. The molecule has 2 heterocycles. The van der Waals surface area contributed by atoms with Crippen molar-refractivity contribution in [1.29, 1.82) is 0 Å². The largest absolute Gasteiger partial charge is 0.497 e. The maximum atomic E-state index is 9.56. The smallest absolute Gasteiger partial charge is 0.119 e. The highest BCUT2D eigenvalue weighted by Gasteiger charge is 2.22. The van der Waals surface area contributed by atoms with Gasteiger partial charge < -0.3 is 14.4 Å². The molecule has 4 heteroatoms. The predicted octanol–water partition coefficient (Wildman–Crippen LogP) is 2.35. The van der Waals surface area contributed by atoms with Gasteiger partial charge in [0.15, 0.2) is 0 Å². The van der Waals surface area contributed by atoms with Crippen LogP contribution in [0.5, 0.6) is 5.75 Å². The second-order valence-electron chi connectivity index (χ2n) is 5.29. The fraction of sp³-hybridized carbons (Fsp3) is 0.438. The van der Waals surface area contributed by atoms with Crippen LogP contribution in [0.3, 0.4) is 0 Å². The minimum Gasteiger partial charge on any atom is -0.497 e. The Labute approximate surface area is 119 Å². The summed E-state index contributed by atoms with van der Waals surface area (Å²) in [6.45, 7) is 0.189. The number of aliphatic hydroxyl groups excluding tert-OH is 1. The Balaban J connectivity index is 1.89. The lowest BCUT2D eigenvalue weighted by Gasteiger charge is -2.25. The number of rotatable bonds is 4. The van der Waals surface area contributed by atoms with Crippen LogP contribution < -0.4 is 4.74 Å². The first kappa shape index (κ1) is 13.2. The standard InChI is InChI=1S/C16H20N2O2/c1-20-15-7-2-4-12(8-15)9-16-17-10-13-5-3-6-14(11-19)18(13)16/h2,4,7-8,10,14,19H,3,5-6,9,11H2,1H3. The zero-order valence-electron chi connectivity index (χ0n) is 11.7. The van der Waals surface area contributed by atoms with E-state index in [9.17, 15) is 5.11 Å². The molecular formula is C16H20N2O2. The molecule has 1 aromatic heterocycles. The van der Waals surface area contributed by atoms with Gasteiger partial charge in [-0.15, -0.1) is 0 Å². The second kappa shape index (κ2) is 5.67. The summed E-state index contributed by atoms with van der Waals surface area (Å²) in [5, 5.41) is 9.56. The van der Waals surface area contributed by atoms with Gasteiger partial charge in [0.2, 0.25) is 0 Å². The average molecular weight is 272 g/mol. The number of aliphatic hydroxyl groups is 1. The summed E-state index contributed by atoms with van der Waals surface area (Å²) in [5.74, 6) is 1.90. The van der Waals surface area contributed by atoms with Crippen molar-refractivity contribution in [2.45, 2.75) is 31.7 Å². The quantitative estimate of drug-likeness (QED) is 0.929. The molecule has 4 nitrogen and oxygen atoms in total. The summed E-state index contributed by atoms with van der Waals surface area (Å²) in [5.41, 5.74) is 2.42. The van der Waals surface area contributed by atoms with Crippen LogP contribution in [-0.4, -0.2) is 28.4 Å². The van der Waals surface area contributed by atoms with Crippen LogP contribution in [0.4, 0.5) is 0 Å². The normalized spacial score (nSPS) is 17.8. The molecular weight excluding hydrogens is 252 g/mol. The Kier molecular flexibility index (Phi) is 3.74. The van der Waals surface area contributed by atoms with E-state index in [-0.39, 0.29) is 12.6 Å². The third-order valence-corrected chi connectivity index (χ3v) is 3.99. The lowest BCUT2D eigenvalue weighted by molar-refractivity contribution is 0.204. The SMILES string of the molecule is COc1cccc(Cc2ncc3n2C(CO)CCC3)c1. The van der Waals surface area contributed by atoms with Crippen LogP contribution in [0.2, 0.25) is 0 Å². The number of hydrogen-bond acceptors (Lipinski definition) is 3. The molecule has 0 bridgehead atoms. The Morgan fingerprint density at radius 3 is 3.15 bits per heavy atom. The summed E-state index contributed by atoms with van der Waals surface area (Å²) >= 11 is 0. The van der Waals surface area contributed by atoms with Gasteiger partial charge >= 0.3 is 0 Å². The van der Waals surface area contributed by atoms with Gasteiger partial charge in [0.05, 0.1) is 19.8 Å². The summed E-state index contributed by atoms with van der Waals surface area (Å²) in [6.07, 6.45) is 5.95. The number of imidazole rings is 1. The molecule has 106 valence electrons. The number of benzene rings is 1. The summed E-state index contributed by atoms with van der Waals surface area (Å²) < 4.78 is 7.49. The molecule has 3 rings (SSSR count).